The Hall–Kier alpha value is 1.08. The fraction of sp³-hybridized carbons (Fsp3) is 1.00. The van der Waals surface area contributed by atoms with Crippen molar-refractivity contribution in [2.45, 2.75) is 6.92 Å². The van der Waals surface area contributed by atoms with Gasteiger partial charge in [-0.1, -0.05) is 22.9 Å². The summed E-state index contributed by atoms with van der Waals surface area (Å²) in [6.45, 7) is 2.04. The van der Waals surface area contributed by atoms with Gasteiger partial charge in [0.15, 0.2) is 0 Å². The first-order chi connectivity index (χ1) is 1.41. The predicted octanol–water partition coefficient (Wildman–Crippen LogP) is 1.02. The van der Waals surface area contributed by atoms with E-state index in [0.29, 0.717) is 0 Å². The van der Waals surface area contributed by atoms with Crippen molar-refractivity contribution in [2.24, 2.45) is 0 Å². The minimum atomic E-state index is 0. The van der Waals surface area contributed by atoms with Gasteiger partial charge in [-0.05, 0) is 0 Å². The molecule has 0 aromatic rings. The molecule has 2 heteroatoms. The average molecular weight is 116 g/mol. The van der Waals surface area contributed by atoms with Crippen LogP contribution >= 0.6 is 15.9 Å². The van der Waals surface area contributed by atoms with Crippen LogP contribution < -0.4 is 0 Å². The molecule has 0 saturated carbocycles. The normalized spacial score (nSPS) is 4.50. The van der Waals surface area contributed by atoms with E-state index in [1.807, 2.05) is 6.92 Å². The number of alkyl halides is 1. The Bertz CT molecular complexity index is 6.00. The van der Waals surface area contributed by atoms with Gasteiger partial charge in [0.1, 0.15) is 0 Å². The average Bonchev–Trinajstić information content (AvgIpc) is 0.918. The van der Waals surface area contributed by atoms with E-state index in [2.05, 4.69) is 15.9 Å². The number of halogens is 1. The molecule has 0 rings (SSSR count). The molecule has 0 aromatic carbocycles. The fourth-order valence-corrected chi connectivity index (χ4v) is 0. The van der Waals surface area contributed by atoms with E-state index in [4.69, 9.17) is 0 Å². The molecule has 4 heavy (non-hydrogen) atoms. The van der Waals surface area contributed by atoms with Gasteiger partial charge in [-0.2, -0.15) is 0 Å². The number of rotatable bonds is 0. The summed E-state index contributed by atoms with van der Waals surface area (Å²) >= 11 is 3.15. The monoisotopic (exact) mass is 115 g/mol. The molecule has 1 radical (unpaired) electrons. The zero-order valence-corrected chi connectivity index (χ0v) is 4.67. The van der Waals surface area contributed by atoms with Crippen molar-refractivity contribution >= 4 is 34.8 Å². The third-order valence-electron chi connectivity index (χ3n) is 0. The summed E-state index contributed by atoms with van der Waals surface area (Å²) in [6, 6.07) is 0. The van der Waals surface area contributed by atoms with Gasteiger partial charge in [-0.3, -0.25) is 0 Å². The summed E-state index contributed by atoms with van der Waals surface area (Å²) in [5, 5.41) is 1.06. The van der Waals surface area contributed by atoms with Crippen LogP contribution in [-0.4, -0.2) is 24.2 Å². The zero-order valence-electron chi connectivity index (χ0n) is 3.09. The largest absolute Gasteiger partial charge is 0.0931 e. The minimum absolute atomic E-state index is 0. The molecular formula is C2H5BrLi. The Balaban J connectivity index is 0. The van der Waals surface area contributed by atoms with Crippen LogP contribution in [0.1, 0.15) is 6.92 Å². The predicted molar refractivity (Wildman–Crippen MR) is 25.2 cm³/mol. The van der Waals surface area contributed by atoms with Crippen molar-refractivity contribution in [2.75, 3.05) is 5.33 Å². The molecule has 0 aromatic heterocycles. The SMILES string of the molecule is CCBr.[Li]. The fourth-order valence-electron chi connectivity index (χ4n) is 0. The van der Waals surface area contributed by atoms with Gasteiger partial charge in [0.2, 0.25) is 0 Å². The first-order valence-electron chi connectivity index (χ1n) is 0.974. The molecule has 0 unspecified atom stereocenters. The standard InChI is InChI=1S/C2H5Br.Li/c1-2-3;/h2H2,1H3;. The Morgan fingerprint density at radius 1 is 1.75 bits per heavy atom. The summed E-state index contributed by atoms with van der Waals surface area (Å²) in [7, 11) is 0. The van der Waals surface area contributed by atoms with Crippen LogP contribution in [0.4, 0.5) is 0 Å². The third kappa shape index (κ3) is 11.4. The van der Waals surface area contributed by atoms with Gasteiger partial charge in [-0.15, -0.1) is 0 Å². The summed E-state index contributed by atoms with van der Waals surface area (Å²) < 4.78 is 0. The quantitative estimate of drug-likeness (QED) is 0.327. The molecule has 0 aliphatic rings. The molecule has 0 fully saturated rings. The van der Waals surface area contributed by atoms with Crippen molar-refractivity contribution in [3.8, 4) is 0 Å². The van der Waals surface area contributed by atoms with Crippen LogP contribution in [-0.2, 0) is 0 Å². The van der Waals surface area contributed by atoms with E-state index < -0.39 is 0 Å². The topological polar surface area (TPSA) is 0 Å². The van der Waals surface area contributed by atoms with Gasteiger partial charge in [0.05, 0.1) is 0 Å². The molecular weight excluding hydrogens is 111 g/mol. The maximum atomic E-state index is 3.15. The molecule has 0 atom stereocenters. The molecule has 0 nitrogen and oxygen atoms in total. The zero-order chi connectivity index (χ0) is 2.71. The van der Waals surface area contributed by atoms with Gasteiger partial charge in [-0.25, -0.2) is 0 Å². The van der Waals surface area contributed by atoms with E-state index in [1.165, 1.54) is 0 Å². The Morgan fingerprint density at radius 3 is 1.75 bits per heavy atom. The van der Waals surface area contributed by atoms with Crippen molar-refractivity contribution < 1.29 is 0 Å². The van der Waals surface area contributed by atoms with Crippen LogP contribution in [0.15, 0.2) is 0 Å². The van der Waals surface area contributed by atoms with Gasteiger partial charge in [0, 0.05) is 24.2 Å². The molecule has 21 valence electrons. The van der Waals surface area contributed by atoms with Gasteiger partial charge in [0.25, 0.3) is 0 Å². The van der Waals surface area contributed by atoms with E-state index in [9.17, 15) is 0 Å². The maximum Gasteiger partial charge on any atom is 0.000281 e. The minimum Gasteiger partial charge on any atom is -0.0931 e. The van der Waals surface area contributed by atoms with E-state index in [1.54, 1.807) is 0 Å². The Labute approximate surface area is 47.3 Å². The van der Waals surface area contributed by atoms with Crippen molar-refractivity contribution in [3.63, 3.8) is 0 Å². The maximum absolute atomic E-state index is 3.15. The summed E-state index contributed by atoms with van der Waals surface area (Å²) in [5.74, 6) is 0. The second-order valence-electron chi connectivity index (χ2n) is 0.267. The Morgan fingerprint density at radius 2 is 1.75 bits per heavy atom. The van der Waals surface area contributed by atoms with Crippen molar-refractivity contribution in [1.29, 1.82) is 0 Å². The van der Waals surface area contributed by atoms with Crippen molar-refractivity contribution in [3.05, 3.63) is 0 Å². The molecule has 0 N–H and O–H groups in total. The van der Waals surface area contributed by atoms with Gasteiger partial charge < -0.3 is 0 Å². The molecule has 0 amide bonds. The second kappa shape index (κ2) is 8.95. The van der Waals surface area contributed by atoms with E-state index >= 15 is 0 Å². The molecule has 0 saturated heterocycles. The summed E-state index contributed by atoms with van der Waals surface area (Å²) in [5.41, 5.74) is 0. The van der Waals surface area contributed by atoms with E-state index in [0.717, 1.165) is 5.33 Å². The first-order valence-corrected chi connectivity index (χ1v) is 2.10. The molecule has 0 spiro atoms. The van der Waals surface area contributed by atoms with E-state index in [-0.39, 0.29) is 18.9 Å². The molecule has 0 bridgehead atoms. The molecule has 0 aliphatic heterocycles. The smallest absolute Gasteiger partial charge is 0.000281 e. The third-order valence-corrected chi connectivity index (χ3v) is 0. The summed E-state index contributed by atoms with van der Waals surface area (Å²) in [6.07, 6.45) is 0. The van der Waals surface area contributed by atoms with Crippen LogP contribution in [0.2, 0.25) is 0 Å². The number of hydrogen-bond acceptors (Lipinski definition) is 0. The molecule has 0 heterocycles. The van der Waals surface area contributed by atoms with Crippen LogP contribution in [0.3, 0.4) is 0 Å². The number of hydrogen-bond donors (Lipinski definition) is 0. The summed E-state index contributed by atoms with van der Waals surface area (Å²) in [4.78, 5) is 0. The van der Waals surface area contributed by atoms with Crippen molar-refractivity contribution in [1.82, 2.24) is 0 Å². The van der Waals surface area contributed by atoms with Crippen LogP contribution in [0.25, 0.3) is 0 Å². The second-order valence-corrected chi connectivity index (χ2v) is 1.39. The molecule has 0 aliphatic carbocycles. The first kappa shape index (κ1) is 8.91. The Kier molecular flexibility index (Phi) is 19.9. The van der Waals surface area contributed by atoms with Gasteiger partial charge >= 0.3 is 0 Å². The van der Waals surface area contributed by atoms with Crippen LogP contribution in [0, 0.1) is 0 Å². The van der Waals surface area contributed by atoms with Crippen LogP contribution in [0.5, 0.6) is 0 Å².